The Labute approximate surface area is 199 Å². The number of aromatic amines is 1. The van der Waals surface area contributed by atoms with Crippen LogP contribution in [-0.4, -0.2) is 38.3 Å². The fourth-order valence-corrected chi connectivity index (χ4v) is 4.21. The zero-order valence-corrected chi connectivity index (χ0v) is 19.8. The van der Waals surface area contributed by atoms with E-state index < -0.39 is 0 Å². The number of ether oxygens (including phenoxy) is 3. The van der Waals surface area contributed by atoms with Crippen LogP contribution in [0.15, 0.2) is 72.9 Å². The number of hydrogen-bond acceptors (Lipinski definition) is 4. The van der Waals surface area contributed by atoms with Gasteiger partial charge in [0.05, 0.1) is 27.2 Å². The number of hydrogen-bond donors (Lipinski definition) is 2. The lowest BCUT2D eigenvalue weighted by Crippen LogP contribution is -2.30. The summed E-state index contributed by atoms with van der Waals surface area (Å²) >= 11 is 0. The van der Waals surface area contributed by atoms with E-state index in [0.29, 0.717) is 24.7 Å². The molecule has 1 amide bonds. The van der Waals surface area contributed by atoms with Crippen molar-refractivity contribution in [3.63, 3.8) is 0 Å². The van der Waals surface area contributed by atoms with Crippen LogP contribution in [0.4, 0.5) is 0 Å². The average molecular weight is 459 g/mol. The molecule has 0 saturated heterocycles. The quantitative estimate of drug-likeness (QED) is 0.348. The van der Waals surface area contributed by atoms with Crippen LogP contribution in [0.3, 0.4) is 0 Å². The summed E-state index contributed by atoms with van der Waals surface area (Å²) in [6.07, 6.45) is 2.30. The van der Waals surface area contributed by atoms with E-state index in [2.05, 4.69) is 22.4 Å². The molecule has 0 aliphatic carbocycles. The third-order valence-corrected chi connectivity index (χ3v) is 5.89. The molecule has 0 spiro atoms. The SMILES string of the molecule is CCOc1ccc(C(CNC(=O)Cc2cccc(OC)c2)c2c[nH]c3ccccc23)cc1OC. The van der Waals surface area contributed by atoms with Gasteiger partial charge in [-0.3, -0.25) is 4.79 Å². The number of amides is 1. The summed E-state index contributed by atoms with van der Waals surface area (Å²) < 4.78 is 16.6. The third-order valence-electron chi connectivity index (χ3n) is 5.89. The summed E-state index contributed by atoms with van der Waals surface area (Å²) in [5, 5.41) is 4.26. The van der Waals surface area contributed by atoms with E-state index in [0.717, 1.165) is 33.3 Å². The fourth-order valence-electron chi connectivity index (χ4n) is 4.21. The molecule has 1 heterocycles. The molecule has 176 valence electrons. The van der Waals surface area contributed by atoms with E-state index in [1.807, 2.05) is 67.7 Å². The average Bonchev–Trinajstić information content (AvgIpc) is 3.29. The van der Waals surface area contributed by atoms with Crippen LogP contribution in [-0.2, 0) is 11.2 Å². The van der Waals surface area contributed by atoms with E-state index in [9.17, 15) is 4.79 Å². The van der Waals surface area contributed by atoms with Gasteiger partial charge < -0.3 is 24.5 Å². The van der Waals surface area contributed by atoms with Crippen LogP contribution in [0.25, 0.3) is 10.9 Å². The lowest BCUT2D eigenvalue weighted by Gasteiger charge is -2.20. The van der Waals surface area contributed by atoms with Crippen LogP contribution >= 0.6 is 0 Å². The summed E-state index contributed by atoms with van der Waals surface area (Å²) in [5.74, 6) is 2.00. The zero-order valence-electron chi connectivity index (χ0n) is 19.8. The molecule has 1 atom stereocenters. The lowest BCUT2D eigenvalue weighted by molar-refractivity contribution is -0.120. The molecule has 1 aromatic heterocycles. The molecule has 0 aliphatic rings. The lowest BCUT2D eigenvalue weighted by atomic mass is 9.90. The summed E-state index contributed by atoms with van der Waals surface area (Å²) in [7, 11) is 3.26. The molecule has 0 fully saturated rings. The van der Waals surface area contributed by atoms with Crippen molar-refractivity contribution in [1.82, 2.24) is 10.3 Å². The predicted octanol–water partition coefficient (Wildman–Crippen LogP) is 5.07. The van der Waals surface area contributed by atoms with Crippen LogP contribution < -0.4 is 19.5 Å². The Hall–Kier alpha value is -3.93. The Balaban J connectivity index is 1.61. The number of H-pyrrole nitrogens is 1. The first-order chi connectivity index (χ1) is 16.6. The highest BCUT2D eigenvalue weighted by Gasteiger charge is 2.21. The van der Waals surface area contributed by atoms with Gasteiger partial charge in [0.1, 0.15) is 5.75 Å². The highest BCUT2D eigenvalue weighted by atomic mass is 16.5. The van der Waals surface area contributed by atoms with Crippen molar-refractivity contribution >= 4 is 16.8 Å². The smallest absolute Gasteiger partial charge is 0.224 e. The van der Waals surface area contributed by atoms with Gasteiger partial charge in [0.15, 0.2) is 11.5 Å². The zero-order chi connectivity index (χ0) is 23.9. The van der Waals surface area contributed by atoms with Gasteiger partial charge in [-0.1, -0.05) is 36.4 Å². The number of rotatable bonds is 10. The number of benzene rings is 3. The Morgan fingerprint density at radius 1 is 0.971 bits per heavy atom. The van der Waals surface area contributed by atoms with Crippen LogP contribution in [0, 0.1) is 0 Å². The van der Waals surface area contributed by atoms with Gasteiger partial charge in [0, 0.05) is 29.6 Å². The van der Waals surface area contributed by atoms with Gasteiger partial charge in [0.2, 0.25) is 5.91 Å². The van der Waals surface area contributed by atoms with Gasteiger partial charge in [-0.15, -0.1) is 0 Å². The predicted molar refractivity (Wildman–Crippen MR) is 134 cm³/mol. The van der Waals surface area contributed by atoms with Gasteiger partial charge in [-0.25, -0.2) is 0 Å². The number of para-hydroxylation sites is 1. The van der Waals surface area contributed by atoms with Crippen LogP contribution in [0.5, 0.6) is 17.2 Å². The molecule has 0 radical (unpaired) electrons. The molecule has 2 N–H and O–H groups in total. The molecular formula is C28H30N2O4. The minimum absolute atomic E-state index is 0.0454. The third kappa shape index (κ3) is 5.17. The first-order valence-corrected chi connectivity index (χ1v) is 11.4. The minimum Gasteiger partial charge on any atom is -0.497 e. The van der Waals surface area contributed by atoms with E-state index in [4.69, 9.17) is 14.2 Å². The number of fused-ring (bicyclic) bond motifs is 1. The molecule has 0 aliphatic heterocycles. The van der Waals surface area contributed by atoms with Crippen molar-refractivity contribution in [3.8, 4) is 17.2 Å². The van der Waals surface area contributed by atoms with Gasteiger partial charge in [0.25, 0.3) is 0 Å². The molecule has 6 heteroatoms. The number of carbonyl (C=O) groups is 1. The first-order valence-electron chi connectivity index (χ1n) is 11.4. The van der Waals surface area contributed by atoms with Crippen molar-refractivity contribution in [1.29, 1.82) is 0 Å². The Kier molecular flexibility index (Phi) is 7.38. The topological polar surface area (TPSA) is 72.6 Å². The van der Waals surface area contributed by atoms with Gasteiger partial charge >= 0.3 is 0 Å². The van der Waals surface area contributed by atoms with E-state index in [-0.39, 0.29) is 18.2 Å². The molecule has 0 bridgehead atoms. The summed E-state index contributed by atoms with van der Waals surface area (Å²) in [6, 6.07) is 21.7. The number of carbonyl (C=O) groups excluding carboxylic acids is 1. The van der Waals surface area contributed by atoms with Gasteiger partial charge in [-0.2, -0.15) is 0 Å². The Bertz CT molecular complexity index is 1260. The maximum absolute atomic E-state index is 12.8. The van der Waals surface area contributed by atoms with Crippen molar-refractivity contribution in [2.24, 2.45) is 0 Å². The number of nitrogens with one attached hydrogen (secondary N) is 2. The summed E-state index contributed by atoms with van der Waals surface area (Å²) in [6.45, 7) is 2.95. The molecule has 6 nitrogen and oxygen atoms in total. The van der Waals surface area contributed by atoms with Crippen molar-refractivity contribution in [2.45, 2.75) is 19.3 Å². The molecule has 34 heavy (non-hydrogen) atoms. The van der Waals surface area contributed by atoms with E-state index >= 15 is 0 Å². The second-order valence-corrected chi connectivity index (χ2v) is 8.02. The highest BCUT2D eigenvalue weighted by Crippen LogP contribution is 2.35. The molecular weight excluding hydrogens is 428 g/mol. The number of aromatic nitrogens is 1. The molecule has 4 aromatic rings. The summed E-state index contributed by atoms with van der Waals surface area (Å²) in [5.41, 5.74) is 4.11. The van der Waals surface area contributed by atoms with Crippen LogP contribution in [0.1, 0.15) is 29.5 Å². The molecule has 1 unspecified atom stereocenters. The summed E-state index contributed by atoms with van der Waals surface area (Å²) in [4.78, 5) is 16.2. The normalized spacial score (nSPS) is 11.7. The fraction of sp³-hybridized carbons (Fsp3) is 0.250. The number of methoxy groups -OCH3 is 2. The van der Waals surface area contributed by atoms with E-state index in [1.165, 1.54) is 0 Å². The second-order valence-electron chi connectivity index (χ2n) is 8.02. The molecule has 0 saturated carbocycles. The minimum atomic E-state index is -0.0741. The van der Waals surface area contributed by atoms with Gasteiger partial charge in [-0.05, 0) is 53.9 Å². The van der Waals surface area contributed by atoms with Crippen molar-refractivity contribution in [2.75, 3.05) is 27.4 Å². The second kappa shape index (κ2) is 10.8. The maximum Gasteiger partial charge on any atom is 0.224 e. The largest absolute Gasteiger partial charge is 0.497 e. The van der Waals surface area contributed by atoms with Crippen LogP contribution in [0.2, 0.25) is 0 Å². The monoisotopic (exact) mass is 458 g/mol. The Morgan fingerprint density at radius 3 is 2.62 bits per heavy atom. The van der Waals surface area contributed by atoms with Crippen molar-refractivity contribution < 1.29 is 19.0 Å². The van der Waals surface area contributed by atoms with E-state index in [1.54, 1.807) is 14.2 Å². The Morgan fingerprint density at radius 2 is 1.82 bits per heavy atom. The molecule has 3 aromatic carbocycles. The highest BCUT2D eigenvalue weighted by molar-refractivity contribution is 5.84. The first kappa shape index (κ1) is 23.2. The van der Waals surface area contributed by atoms with Crippen molar-refractivity contribution in [3.05, 3.63) is 89.6 Å². The molecule has 4 rings (SSSR count). The maximum atomic E-state index is 12.8. The standard InChI is InChI=1S/C28H30N2O4/c1-4-34-26-13-12-20(16-27(26)33-3)23(24-18-29-25-11-6-5-10-22(24)25)17-30-28(31)15-19-8-7-9-21(14-19)32-2/h5-14,16,18,23,29H,4,15,17H2,1-3H3,(H,30,31).